The van der Waals surface area contributed by atoms with Crippen LogP contribution in [-0.4, -0.2) is 64.7 Å². The molecule has 2 aromatic heterocycles. The van der Waals surface area contributed by atoms with E-state index in [1.807, 2.05) is 51.2 Å². The van der Waals surface area contributed by atoms with Crippen molar-refractivity contribution in [2.45, 2.75) is 33.7 Å². The lowest BCUT2D eigenvalue weighted by molar-refractivity contribution is -0.116. The summed E-state index contributed by atoms with van der Waals surface area (Å²) in [5, 5.41) is 7.12. The summed E-state index contributed by atoms with van der Waals surface area (Å²) in [4.78, 5) is 38.2. The number of hydrogen-bond acceptors (Lipinski definition) is 8. The summed E-state index contributed by atoms with van der Waals surface area (Å²) < 4.78 is 0. The lowest BCUT2D eigenvalue weighted by Gasteiger charge is -2.35. The zero-order chi connectivity index (χ0) is 25.5. The van der Waals surface area contributed by atoms with E-state index in [1.54, 1.807) is 11.3 Å². The molecule has 1 unspecified atom stereocenters. The Morgan fingerprint density at radius 2 is 1.94 bits per heavy atom. The molecule has 0 radical (unpaired) electrons. The Morgan fingerprint density at radius 3 is 2.64 bits per heavy atom. The van der Waals surface area contributed by atoms with Crippen molar-refractivity contribution in [1.29, 1.82) is 0 Å². The molecule has 1 amide bonds. The zero-order valence-electron chi connectivity index (χ0n) is 21.2. The van der Waals surface area contributed by atoms with Gasteiger partial charge in [-0.2, -0.15) is 0 Å². The maximum Gasteiger partial charge on any atom is 0.224 e. The van der Waals surface area contributed by atoms with Crippen LogP contribution in [0.25, 0.3) is 11.3 Å². The fourth-order valence-corrected chi connectivity index (χ4v) is 4.93. The average Bonchev–Trinajstić information content (AvgIpc) is 3.29. The molecule has 4 rings (SSSR count). The van der Waals surface area contributed by atoms with Gasteiger partial charge in [0.1, 0.15) is 12.1 Å². The van der Waals surface area contributed by atoms with Gasteiger partial charge in [-0.15, -0.1) is 11.3 Å². The third kappa shape index (κ3) is 7.19. The van der Waals surface area contributed by atoms with Crippen LogP contribution in [0.4, 0.5) is 16.6 Å². The lowest BCUT2D eigenvalue weighted by atomic mass is 10.1. The van der Waals surface area contributed by atoms with Gasteiger partial charge in [0.15, 0.2) is 5.13 Å². The number of rotatable bonds is 10. The Hall–Kier alpha value is -3.14. The number of hydrogen-bond donors (Lipinski definition) is 2. The number of aldehydes is 1. The summed E-state index contributed by atoms with van der Waals surface area (Å²) in [5.41, 5.74) is 3.71. The number of benzene rings is 1. The minimum Gasteiger partial charge on any atom is -0.326 e. The van der Waals surface area contributed by atoms with E-state index in [2.05, 4.69) is 37.6 Å². The summed E-state index contributed by atoms with van der Waals surface area (Å²) in [5.74, 6) is 0.802. The molecule has 1 aliphatic heterocycles. The van der Waals surface area contributed by atoms with Crippen molar-refractivity contribution < 1.29 is 9.59 Å². The molecule has 9 heteroatoms. The van der Waals surface area contributed by atoms with E-state index >= 15 is 0 Å². The zero-order valence-corrected chi connectivity index (χ0v) is 22.0. The summed E-state index contributed by atoms with van der Waals surface area (Å²) in [7, 11) is 0. The first-order valence-corrected chi connectivity index (χ1v) is 13.2. The molecule has 190 valence electrons. The van der Waals surface area contributed by atoms with E-state index < -0.39 is 0 Å². The first kappa shape index (κ1) is 25.9. The van der Waals surface area contributed by atoms with Crippen molar-refractivity contribution in [3.05, 3.63) is 53.0 Å². The average molecular weight is 507 g/mol. The first-order chi connectivity index (χ1) is 17.4. The summed E-state index contributed by atoms with van der Waals surface area (Å²) in [6.07, 6.45) is 3.31. The Bertz CT molecular complexity index is 1190. The highest BCUT2D eigenvalue weighted by molar-refractivity contribution is 7.15. The largest absolute Gasteiger partial charge is 0.326 e. The van der Waals surface area contributed by atoms with Gasteiger partial charge in [0.2, 0.25) is 5.91 Å². The molecule has 8 nitrogen and oxygen atoms in total. The Balaban J connectivity index is 1.55. The second-order valence-corrected chi connectivity index (χ2v) is 10.6. The number of carbonyl (C=O) groups excluding carboxylic acids is 2. The number of aromatic nitrogens is 2. The molecule has 0 spiro atoms. The van der Waals surface area contributed by atoms with Crippen LogP contribution in [-0.2, 0) is 16.1 Å². The van der Waals surface area contributed by atoms with E-state index in [-0.39, 0.29) is 11.8 Å². The van der Waals surface area contributed by atoms with Crippen LogP contribution in [0.1, 0.15) is 30.7 Å². The Morgan fingerprint density at radius 1 is 1.17 bits per heavy atom. The fraction of sp³-hybridized carbons (Fsp3) is 0.407. The number of anilines is 3. The van der Waals surface area contributed by atoms with Gasteiger partial charge in [-0.1, -0.05) is 26.0 Å². The van der Waals surface area contributed by atoms with Crippen molar-refractivity contribution in [3.63, 3.8) is 0 Å². The van der Waals surface area contributed by atoms with Gasteiger partial charge < -0.3 is 20.3 Å². The minimum absolute atomic E-state index is 0.0166. The Kier molecular flexibility index (Phi) is 8.79. The molecule has 1 saturated heterocycles. The molecular formula is C27H34N6O2S. The predicted molar refractivity (Wildman–Crippen MR) is 146 cm³/mol. The third-order valence-electron chi connectivity index (χ3n) is 6.15. The van der Waals surface area contributed by atoms with Crippen LogP contribution in [0, 0.1) is 12.8 Å². The van der Waals surface area contributed by atoms with Gasteiger partial charge in [0, 0.05) is 73.9 Å². The maximum absolute atomic E-state index is 11.9. The molecule has 1 aliphatic rings. The molecule has 0 saturated carbocycles. The normalized spacial score (nSPS) is 15.4. The van der Waals surface area contributed by atoms with Crippen LogP contribution in [0.5, 0.6) is 0 Å². The molecule has 0 aliphatic carbocycles. The van der Waals surface area contributed by atoms with Crippen molar-refractivity contribution in [1.82, 2.24) is 19.8 Å². The number of aryl methyl sites for hydroxylation is 1. The monoisotopic (exact) mass is 506 g/mol. The molecule has 1 aromatic carbocycles. The summed E-state index contributed by atoms with van der Waals surface area (Å²) in [6, 6.07) is 12.0. The van der Waals surface area contributed by atoms with Crippen molar-refractivity contribution in [2.75, 3.05) is 43.4 Å². The maximum atomic E-state index is 11.9. The second kappa shape index (κ2) is 12.2. The number of amides is 1. The van der Waals surface area contributed by atoms with Crippen molar-refractivity contribution in [2.24, 2.45) is 5.92 Å². The predicted octanol–water partition coefficient (Wildman–Crippen LogP) is 4.56. The number of piperazine rings is 1. The van der Waals surface area contributed by atoms with Gasteiger partial charge in [0.25, 0.3) is 0 Å². The number of carbonyl (C=O) groups is 2. The first-order valence-electron chi connectivity index (χ1n) is 12.4. The van der Waals surface area contributed by atoms with Crippen LogP contribution >= 0.6 is 11.3 Å². The summed E-state index contributed by atoms with van der Waals surface area (Å²) >= 11 is 1.59. The Labute approximate surface area is 216 Å². The molecule has 36 heavy (non-hydrogen) atoms. The molecule has 1 fully saturated rings. The number of nitrogens with one attached hydrogen (secondary N) is 2. The molecule has 3 aromatic rings. The topological polar surface area (TPSA) is 90.5 Å². The molecule has 2 N–H and O–H groups in total. The quantitative estimate of drug-likeness (QED) is 0.390. The SMILES string of the molecule is CCC(=O)Nc1cccc(-c2cc(CN3CCN(CC(C)C=O)CC3)cc(Nc3ncc(C)s3)n2)c1. The number of thiazole rings is 1. The summed E-state index contributed by atoms with van der Waals surface area (Å²) in [6.45, 7) is 11.3. The van der Waals surface area contributed by atoms with Crippen LogP contribution in [0.3, 0.4) is 0 Å². The highest BCUT2D eigenvalue weighted by Gasteiger charge is 2.19. The molecule has 3 heterocycles. The van der Waals surface area contributed by atoms with Crippen molar-refractivity contribution in [3.8, 4) is 11.3 Å². The van der Waals surface area contributed by atoms with Crippen LogP contribution < -0.4 is 10.6 Å². The van der Waals surface area contributed by atoms with Gasteiger partial charge >= 0.3 is 0 Å². The highest BCUT2D eigenvalue weighted by atomic mass is 32.1. The number of pyridine rings is 1. The lowest BCUT2D eigenvalue weighted by Crippen LogP contribution is -2.47. The minimum atomic E-state index is -0.0166. The van der Waals surface area contributed by atoms with Gasteiger partial charge in [-0.25, -0.2) is 9.97 Å². The van der Waals surface area contributed by atoms with Crippen molar-refractivity contribution >= 4 is 40.2 Å². The van der Waals surface area contributed by atoms with E-state index in [4.69, 9.17) is 4.98 Å². The van der Waals surface area contributed by atoms with Gasteiger partial charge in [-0.05, 0) is 36.8 Å². The third-order valence-corrected chi connectivity index (χ3v) is 6.98. The van der Waals surface area contributed by atoms with E-state index in [1.165, 1.54) is 0 Å². The smallest absolute Gasteiger partial charge is 0.224 e. The molecule has 1 atom stereocenters. The standard InChI is InChI=1S/C27H34N6O2S/c1-4-26(35)29-23-7-5-6-22(14-23)24-12-21(13-25(30-24)31-27-28-15-20(3)36-27)17-33-10-8-32(9-11-33)16-19(2)18-34/h5-7,12-15,18-19H,4,8-11,16-17H2,1-3H3,(H,29,35)(H,28,30,31). The van der Waals surface area contributed by atoms with Crippen LogP contribution in [0.2, 0.25) is 0 Å². The van der Waals surface area contributed by atoms with Gasteiger partial charge in [0.05, 0.1) is 5.69 Å². The molecule has 0 bridgehead atoms. The van der Waals surface area contributed by atoms with E-state index in [0.717, 1.165) is 83.9 Å². The van der Waals surface area contributed by atoms with Gasteiger partial charge in [-0.3, -0.25) is 9.69 Å². The second-order valence-electron chi connectivity index (χ2n) is 9.32. The highest BCUT2D eigenvalue weighted by Crippen LogP contribution is 2.27. The van der Waals surface area contributed by atoms with Crippen LogP contribution in [0.15, 0.2) is 42.6 Å². The van der Waals surface area contributed by atoms with E-state index in [0.29, 0.717) is 6.42 Å². The number of nitrogens with zero attached hydrogens (tertiary/aromatic N) is 4. The van der Waals surface area contributed by atoms with E-state index in [9.17, 15) is 9.59 Å². The fourth-order valence-electron chi connectivity index (χ4n) is 4.26. The molecular weight excluding hydrogens is 472 g/mol.